The Morgan fingerprint density at radius 3 is 2.42 bits per heavy atom. The number of rotatable bonds is 4. The van der Waals surface area contributed by atoms with Crippen LogP contribution in [0.4, 0.5) is 5.69 Å². The van der Waals surface area contributed by atoms with Crippen LogP contribution in [0.5, 0.6) is 0 Å². The molecule has 0 aliphatic heterocycles. The topological polar surface area (TPSA) is 29.3 Å². The second kappa shape index (κ2) is 5.76. The van der Waals surface area contributed by atoms with Crippen molar-refractivity contribution in [1.82, 2.24) is 0 Å². The minimum atomic E-state index is 0.242. The van der Waals surface area contributed by atoms with Crippen molar-refractivity contribution in [2.75, 3.05) is 18.5 Å². The summed E-state index contributed by atoms with van der Waals surface area (Å²) in [7, 11) is 2.13. The SMILES string of the molecule is Cc1cc(C(CN)N(C)c2ccccc2C)c(C)s1. The molecule has 3 heteroatoms. The largest absolute Gasteiger partial charge is 0.366 e. The van der Waals surface area contributed by atoms with Crippen LogP contribution < -0.4 is 10.6 Å². The standard InChI is InChI=1S/C16H22N2S/c1-11-7-5-6-8-15(11)18(4)16(10-17)14-9-12(2)19-13(14)3/h5-9,16H,10,17H2,1-4H3. The smallest absolute Gasteiger partial charge is 0.0672 e. The maximum atomic E-state index is 6.03. The van der Waals surface area contributed by atoms with Crippen LogP contribution in [0.2, 0.25) is 0 Å². The Morgan fingerprint density at radius 1 is 1.21 bits per heavy atom. The number of nitrogens with zero attached hydrogens (tertiary/aromatic N) is 1. The van der Waals surface area contributed by atoms with Crippen molar-refractivity contribution in [2.45, 2.75) is 26.8 Å². The fourth-order valence-corrected chi connectivity index (χ4v) is 3.58. The van der Waals surface area contributed by atoms with Gasteiger partial charge < -0.3 is 10.6 Å². The molecule has 2 N–H and O–H groups in total. The highest BCUT2D eigenvalue weighted by atomic mass is 32.1. The van der Waals surface area contributed by atoms with Gasteiger partial charge in [0.05, 0.1) is 6.04 Å². The molecule has 0 saturated heterocycles. The minimum absolute atomic E-state index is 0.242. The molecule has 0 aliphatic rings. The second-order valence-corrected chi connectivity index (χ2v) is 6.48. The lowest BCUT2D eigenvalue weighted by molar-refractivity contribution is 0.678. The molecule has 0 spiro atoms. The Hall–Kier alpha value is -1.32. The number of benzene rings is 1. The lowest BCUT2D eigenvalue weighted by Crippen LogP contribution is -2.31. The third-order valence-electron chi connectivity index (χ3n) is 3.62. The fourth-order valence-electron chi connectivity index (χ4n) is 2.60. The summed E-state index contributed by atoms with van der Waals surface area (Å²) in [4.78, 5) is 5.02. The van der Waals surface area contributed by atoms with Gasteiger partial charge in [-0.3, -0.25) is 0 Å². The molecule has 0 amide bonds. The highest BCUT2D eigenvalue weighted by Gasteiger charge is 2.20. The first-order valence-electron chi connectivity index (χ1n) is 6.60. The molecule has 1 aromatic heterocycles. The van der Waals surface area contributed by atoms with E-state index < -0.39 is 0 Å². The van der Waals surface area contributed by atoms with Crippen molar-refractivity contribution < 1.29 is 0 Å². The zero-order valence-electron chi connectivity index (χ0n) is 12.1. The summed E-state index contributed by atoms with van der Waals surface area (Å²) in [5, 5.41) is 0. The molecular formula is C16H22N2S. The number of para-hydroxylation sites is 1. The number of thiophene rings is 1. The van der Waals surface area contributed by atoms with E-state index in [0.29, 0.717) is 6.54 Å². The number of aryl methyl sites for hydroxylation is 3. The van der Waals surface area contributed by atoms with E-state index in [-0.39, 0.29) is 6.04 Å². The molecule has 0 radical (unpaired) electrons. The summed E-state index contributed by atoms with van der Waals surface area (Å²) in [6, 6.07) is 11.0. The third kappa shape index (κ3) is 2.82. The third-order valence-corrected chi connectivity index (χ3v) is 4.61. The number of nitrogens with two attached hydrogens (primary N) is 1. The maximum absolute atomic E-state index is 6.03. The normalized spacial score (nSPS) is 12.5. The number of anilines is 1. The first-order chi connectivity index (χ1) is 9.04. The summed E-state index contributed by atoms with van der Waals surface area (Å²) in [6.45, 7) is 7.11. The average molecular weight is 274 g/mol. The van der Waals surface area contributed by atoms with Crippen LogP contribution in [-0.4, -0.2) is 13.6 Å². The molecule has 19 heavy (non-hydrogen) atoms. The van der Waals surface area contributed by atoms with Crippen LogP contribution in [0, 0.1) is 20.8 Å². The number of likely N-dealkylation sites (N-methyl/N-ethyl adjacent to an activating group) is 1. The Morgan fingerprint density at radius 2 is 1.89 bits per heavy atom. The van der Waals surface area contributed by atoms with Crippen molar-refractivity contribution in [2.24, 2.45) is 5.73 Å². The molecule has 2 aromatic rings. The summed E-state index contributed by atoms with van der Waals surface area (Å²) >= 11 is 1.85. The molecule has 1 unspecified atom stereocenters. The van der Waals surface area contributed by atoms with Gasteiger partial charge in [0.2, 0.25) is 0 Å². The van der Waals surface area contributed by atoms with Crippen LogP contribution in [-0.2, 0) is 0 Å². The highest BCUT2D eigenvalue weighted by molar-refractivity contribution is 7.12. The molecule has 1 aromatic carbocycles. The summed E-state index contributed by atoms with van der Waals surface area (Å²) in [5.74, 6) is 0. The van der Waals surface area contributed by atoms with Gasteiger partial charge in [0.15, 0.2) is 0 Å². The minimum Gasteiger partial charge on any atom is -0.366 e. The van der Waals surface area contributed by atoms with Gasteiger partial charge in [-0.1, -0.05) is 18.2 Å². The van der Waals surface area contributed by atoms with Gasteiger partial charge >= 0.3 is 0 Å². The molecule has 2 rings (SSSR count). The Kier molecular flexibility index (Phi) is 4.27. The van der Waals surface area contributed by atoms with Gasteiger partial charge in [0.1, 0.15) is 0 Å². The molecule has 0 aliphatic carbocycles. The van der Waals surface area contributed by atoms with Gasteiger partial charge in [-0.2, -0.15) is 0 Å². The highest BCUT2D eigenvalue weighted by Crippen LogP contribution is 2.32. The van der Waals surface area contributed by atoms with E-state index in [0.717, 1.165) is 0 Å². The van der Waals surface area contributed by atoms with E-state index in [1.54, 1.807) is 0 Å². The van der Waals surface area contributed by atoms with Crippen LogP contribution in [0.25, 0.3) is 0 Å². The van der Waals surface area contributed by atoms with Crippen LogP contribution in [0.1, 0.15) is 26.9 Å². The quantitative estimate of drug-likeness (QED) is 0.918. The second-order valence-electron chi connectivity index (χ2n) is 5.02. The molecule has 0 fully saturated rings. The summed E-state index contributed by atoms with van der Waals surface area (Å²) in [5.41, 5.74) is 9.93. The fraction of sp³-hybridized carbons (Fsp3) is 0.375. The van der Waals surface area contributed by atoms with E-state index >= 15 is 0 Å². The van der Waals surface area contributed by atoms with Crippen LogP contribution in [0.3, 0.4) is 0 Å². The zero-order valence-corrected chi connectivity index (χ0v) is 12.9. The maximum Gasteiger partial charge on any atom is 0.0672 e. The van der Waals surface area contributed by atoms with Gasteiger partial charge in [-0.25, -0.2) is 0 Å². The van der Waals surface area contributed by atoms with Crippen molar-refractivity contribution >= 4 is 17.0 Å². The van der Waals surface area contributed by atoms with Gasteiger partial charge in [-0.05, 0) is 44.0 Å². The molecular weight excluding hydrogens is 252 g/mol. The Bertz CT molecular complexity index is 560. The first-order valence-corrected chi connectivity index (χ1v) is 7.41. The number of hydrogen-bond donors (Lipinski definition) is 1. The predicted octanol–water partition coefficient (Wildman–Crippen LogP) is 3.81. The van der Waals surface area contributed by atoms with E-state index in [1.165, 1.54) is 26.6 Å². The Labute approximate surface area is 119 Å². The van der Waals surface area contributed by atoms with Crippen molar-refractivity contribution in [3.05, 3.63) is 51.2 Å². The molecule has 0 bridgehead atoms. The van der Waals surface area contributed by atoms with Crippen molar-refractivity contribution in [1.29, 1.82) is 0 Å². The summed E-state index contributed by atoms with van der Waals surface area (Å²) < 4.78 is 0. The van der Waals surface area contributed by atoms with Crippen LogP contribution >= 0.6 is 11.3 Å². The van der Waals surface area contributed by atoms with E-state index in [1.807, 2.05) is 11.3 Å². The molecule has 1 heterocycles. The van der Waals surface area contributed by atoms with E-state index in [9.17, 15) is 0 Å². The van der Waals surface area contributed by atoms with E-state index in [4.69, 9.17) is 5.73 Å². The first kappa shape index (κ1) is 14.1. The molecule has 102 valence electrons. The van der Waals surface area contributed by atoms with Gasteiger partial charge in [0, 0.05) is 29.0 Å². The Balaban J connectivity index is 2.37. The lowest BCUT2D eigenvalue weighted by Gasteiger charge is -2.30. The zero-order chi connectivity index (χ0) is 14.0. The average Bonchev–Trinajstić information content (AvgIpc) is 2.70. The summed E-state index contributed by atoms with van der Waals surface area (Å²) in [6.07, 6.45) is 0. The van der Waals surface area contributed by atoms with Gasteiger partial charge in [-0.15, -0.1) is 11.3 Å². The lowest BCUT2D eigenvalue weighted by atomic mass is 10.0. The van der Waals surface area contributed by atoms with Crippen LogP contribution in [0.15, 0.2) is 30.3 Å². The van der Waals surface area contributed by atoms with E-state index in [2.05, 4.69) is 63.1 Å². The predicted molar refractivity (Wildman–Crippen MR) is 85.2 cm³/mol. The molecule has 0 saturated carbocycles. The molecule has 2 nitrogen and oxygen atoms in total. The van der Waals surface area contributed by atoms with Crippen molar-refractivity contribution in [3.8, 4) is 0 Å². The monoisotopic (exact) mass is 274 g/mol. The van der Waals surface area contributed by atoms with Gasteiger partial charge in [0.25, 0.3) is 0 Å². The molecule has 1 atom stereocenters. The van der Waals surface area contributed by atoms with Crippen molar-refractivity contribution in [3.63, 3.8) is 0 Å². The number of hydrogen-bond acceptors (Lipinski definition) is 3.